The van der Waals surface area contributed by atoms with Crippen LogP contribution in [0.2, 0.25) is 0 Å². The van der Waals surface area contributed by atoms with E-state index in [-0.39, 0.29) is 0 Å². The highest BCUT2D eigenvalue weighted by Gasteiger charge is 2.08. The monoisotopic (exact) mass is 262 g/mol. The number of primary amides is 1. The van der Waals surface area contributed by atoms with Crippen LogP contribution in [0.5, 0.6) is 0 Å². The third kappa shape index (κ3) is 3.25. The predicted octanol–water partition coefficient (Wildman–Crippen LogP) is 1.82. The Labute approximate surface area is 110 Å². The number of hydrogen-bond acceptors (Lipinski definition) is 4. The molecule has 3 N–H and O–H groups in total. The summed E-state index contributed by atoms with van der Waals surface area (Å²) >= 11 is 1.34. The van der Waals surface area contributed by atoms with Crippen LogP contribution in [0, 0.1) is 25.3 Å². The number of benzene rings is 1. The summed E-state index contributed by atoms with van der Waals surface area (Å²) in [5.74, 6) is -0.461. The van der Waals surface area contributed by atoms with Gasteiger partial charge < -0.3 is 5.73 Å². The molecule has 0 bridgehead atoms. The Morgan fingerprint density at radius 2 is 2.00 bits per heavy atom. The van der Waals surface area contributed by atoms with Crippen molar-refractivity contribution in [1.29, 1.82) is 5.26 Å². The SMILES string of the molecule is CSC(=Nc1c(C)cc(C(N)=O)cc1C)NC#N. The highest BCUT2D eigenvalue weighted by atomic mass is 32.2. The van der Waals surface area contributed by atoms with Crippen molar-refractivity contribution < 1.29 is 4.79 Å². The molecule has 5 nitrogen and oxygen atoms in total. The lowest BCUT2D eigenvalue weighted by molar-refractivity contribution is 0.1000. The predicted molar refractivity (Wildman–Crippen MR) is 73.8 cm³/mol. The van der Waals surface area contributed by atoms with Crippen LogP contribution in [0.15, 0.2) is 17.1 Å². The molecule has 1 aromatic carbocycles. The summed E-state index contributed by atoms with van der Waals surface area (Å²) in [4.78, 5) is 15.5. The molecule has 0 aliphatic carbocycles. The van der Waals surface area contributed by atoms with Crippen LogP contribution in [0.25, 0.3) is 0 Å². The molecule has 0 heterocycles. The van der Waals surface area contributed by atoms with Crippen molar-refractivity contribution in [2.24, 2.45) is 10.7 Å². The highest BCUT2D eigenvalue weighted by Crippen LogP contribution is 2.26. The second kappa shape index (κ2) is 6.07. The lowest BCUT2D eigenvalue weighted by Crippen LogP contribution is -2.13. The van der Waals surface area contributed by atoms with Crippen LogP contribution in [-0.2, 0) is 0 Å². The van der Waals surface area contributed by atoms with Crippen molar-refractivity contribution in [2.45, 2.75) is 13.8 Å². The van der Waals surface area contributed by atoms with Crippen molar-refractivity contribution >= 4 is 28.5 Å². The number of hydrogen-bond donors (Lipinski definition) is 2. The Hall–Kier alpha value is -2.00. The average molecular weight is 262 g/mol. The van der Waals surface area contributed by atoms with E-state index in [1.54, 1.807) is 12.1 Å². The summed E-state index contributed by atoms with van der Waals surface area (Å²) in [6.45, 7) is 3.70. The first-order chi connectivity index (χ1) is 8.49. The molecule has 6 heteroatoms. The van der Waals surface area contributed by atoms with Gasteiger partial charge in [-0.15, -0.1) is 0 Å². The van der Waals surface area contributed by atoms with Crippen molar-refractivity contribution in [3.8, 4) is 6.19 Å². The van der Waals surface area contributed by atoms with Gasteiger partial charge in [-0.2, -0.15) is 5.26 Å². The smallest absolute Gasteiger partial charge is 0.248 e. The van der Waals surface area contributed by atoms with Crippen molar-refractivity contribution in [3.05, 3.63) is 28.8 Å². The van der Waals surface area contributed by atoms with Gasteiger partial charge in [0.2, 0.25) is 5.91 Å². The van der Waals surface area contributed by atoms with Gasteiger partial charge in [-0.25, -0.2) is 4.99 Å². The first-order valence-electron chi connectivity index (χ1n) is 5.18. The lowest BCUT2D eigenvalue weighted by Gasteiger charge is -2.08. The molecule has 0 spiro atoms. The van der Waals surface area contributed by atoms with E-state index < -0.39 is 5.91 Å². The Morgan fingerprint density at radius 1 is 1.44 bits per heavy atom. The Bertz CT molecular complexity index is 522. The number of carbonyl (C=O) groups excluding carboxylic acids is 1. The molecule has 0 saturated heterocycles. The molecule has 0 atom stereocenters. The number of nitrogens with one attached hydrogen (secondary N) is 1. The van der Waals surface area contributed by atoms with Crippen LogP contribution < -0.4 is 11.1 Å². The fourth-order valence-electron chi connectivity index (χ4n) is 1.55. The van der Waals surface area contributed by atoms with Crippen molar-refractivity contribution in [3.63, 3.8) is 0 Å². The first kappa shape index (κ1) is 14.1. The zero-order valence-electron chi connectivity index (χ0n) is 10.4. The maximum absolute atomic E-state index is 11.1. The molecule has 94 valence electrons. The number of amides is 1. The van der Waals surface area contributed by atoms with Crippen LogP contribution in [0.4, 0.5) is 5.69 Å². The van der Waals surface area contributed by atoms with E-state index in [9.17, 15) is 4.79 Å². The standard InChI is InChI=1S/C12H14N4OS/c1-7-4-9(11(14)17)5-8(2)10(7)16-12(18-3)15-6-13/h4-5H,1-3H3,(H2,14,17)(H,15,16). The number of aliphatic imine (C=N–C) groups is 1. The summed E-state index contributed by atoms with van der Waals surface area (Å²) in [5.41, 5.74) is 8.13. The number of nitriles is 1. The van der Waals surface area contributed by atoms with Crippen LogP contribution >= 0.6 is 11.8 Å². The van der Waals surface area contributed by atoms with Crippen LogP contribution in [0.1, 0.15) is 21.5 Å². The first-order valence-corrected chi connectivity index (χ1v) is 6.41. The van der Waals surface area contributed by atoms with E-state index in [1.807, 2.05) is 26.3 Å². The zero-order valence-corrected chi connectivity index (χ0v) is 11.3. The Kier molecular flexibility index (Phi) is 4.75. The molecule has 0 saturated carbocycles. The number of thioether (sulfide) groups is 1. The fourth-order valence-corrected chi connectivity index (χ4v) is 1.88. The minimum Gasteiger partial charge on any atom is -0.366 e. The molecule has 1 amide bonds. The van der Waals surface area contributed by atoms with Gasteiger partial charge in [-0.3, -0.25) is 10.1 Å². The molecule has 1 rings (SSSR count). The molecule has 0 aromatic heterocycles. The summed E-state index contributed by atoms with van der Waals surface area (Å²) in [5, 5.41) is 11.6. The minimum atomic E-state index is -0.461. The summed E-state index contributed by atoms with van der Waals surface area (Å²) in [6, 6.07) is 3.39. The summed E-state index contributed by atoms with van der Waals surface area (Å²) < 4.78 is 0. The van der Waals surface area contributed by atoms with Gasteiger partial charge in [0.05, 0.1) is 5.69 Å². The van der Waals surface area contributed by atoms with E-state index in [2.05, 4.69) is 10.3 Å². The lowest BCUT2D eigenvalue weighted by atomic mass is 10.0. The third-order valence-corrected chi connectivity index (χ3v) is 2.93. The van der Waals surface area contributed by atoms with E-state index in [4.69, 9.17) is 11.0 Å². The Balaban J connectivity index is 3.27. The van der Waals surface area contributed by atoms with Gasteiger partial charge in [0.25, 0.3) is 0 Å². The van der Waals surface area contributed by atoms with Crippen molar-refractivity contribution in [1.82, 2.24) is 5.32 Å². The normalized spacial score (nSPS) is 10.9. The maximum atomic E-state index is 11.1. The number of nitrogens with two attached hydrogens (primary N) is 1. The molecule has 0 aliphatic heterocycles. The topological polar surface area (TPSA) is 91.3 Å². The number of amidine groups is 1. The largest absolute Gasteiger partial charge is 0.366 e. The van der Waals surface area contributed by atoms with Gasteiger partial charge in [-0.05, 0) is 43.4 Å². The maximum Gasteiger partial charge on any atom is 0.248 e. The molecule has 0 aliphatic rings. The number of rotatable bonds is 2. The van der Waals surface area contributed by atoms with Crippen molar-refractivity contribution in [2.75, 3.05) is 6.26 Å². The van der Waals surface area contributed by atoms with Gasteiger partial charge in [-0.1, -0.05) is 11.8 Å². The molecule has 0 fully saturated rings. The average Bonchev–Trinajstić information content (AvgIpc) is 2.31. The molecular formula is C12H14N4OS. The minimum absolute atomic E-state index is 0.461. The second-order valence-corrected chi connectivity index (χ2v) is 4.48. The van der Waals surface area contributed by atoms with E-state index in [1.165, 1.54) is 11.8 Å². The summed E-state index contributed by atoms with van der Waals surface area (Å²) in [7, 11) is 0. The van der Waals surface area contributed by atoms with Gasteiger partial charge in [0.1, 0.15) is 0 Å². The molecule has 18 heavy (non-hydrogen) atoms. The van der Waals surface area contributed by atoms with Gasteiger partial charge in [0.15, 0.2) is 11.4 Å². The highest BCUT2D eigenvalue weighted by molar-refractivity contribution is 8.13. The van der Waals surface area contributed by atoms with Crippen LogP contribution in [-0.4, -0.2) is 17.3 Å². The zero-order chi connectivity index (χ0) is 13.7. The molecule has 1 aromatic rings. The fraction of sp³-hybridized carbons (Fsp3) is 0.250. The van der Waals surface area contributed by atoms with E-state index in [0.717, 1.165) is 16.8 Å². The summed E-state index contributed by atoms with van der Waals surface area (Å²) in [6.07, 6.45) is 3.66. The Morgan fingerprint density at radius 3 is 2.39 bits per heavy atom. The second-order valence-electron chi connectivity index (χ2n) is 3.68. The molecule has 0 radical (unpaired) electrons. The number of nitrogens with zero attached hydrogens (tertiary/aromatic N) is 2. The molecular weight excluding hydrogens is 248 g/mol. The van der Waals surface area contributed by atoms with Gasteiger partial charge >= 0.3 is 0 Å². The van der Waals surface area contributed by atoms with E-state index >= 15 is 0 Å². The third-order valence-electron chi connectivity index (χ3n) is 2.35. The van der Waals surface area contributed by atoms with Crippen LogP contribution in [0.3, 0.4) is 0 Å². The molecule has 0 unspecified atom stereocenters. The quantitative estimate of drug-likeness (QED) is 0.368. The van der Waals surface area contributed by atoms with E-state index in [0.29, 0.717) is 10.7 Å². The van der Waals surface area contributed by atoms with Gasteiger partial charge in [0, 0.05) is 5.56 Å². The number of aryl methyl sites for hydroxylation is 2. The number of carbonyl (C=O) groups is 1.